The van der Waals surface area contributed by atoms with Crippen LogP contribution < -0.4 is 9.47 Å². The molecule has 6 nitrogen and oxygen atoms in total. The highest BCUT2D eigenvalue weighted by atomic mass is 16.5. The fourth-order valence-electron chi connectivity index (χ4n) is 4.21. The first-order valence-electron chi connectivity index (χ1n) is 8.47. The van der Waals surface area contributed by atoms with E-state index in [1.807, 2.05) is 0 Å². The lowest BCUT2D eigenvalue weighted by Crippen LogP contribution is -2.35. The Hall–Kier alpha value is -2.63. The molecule has 25 heavy (non-hydrogen) atoms. The number of fused-ring (bicyclic) bond motifs is 5. The van der Waals surface area contributed by atoms with Gasteiger partial charge in [0, 0.05) is 6.54 Å². The van der Waals surface area contributed by atoms with Gasteiger partial charge in [0.15, 0.2) is 0 Å². The van der Waals surface area contributed by atoms with Gasteiger partial charge in [0.2, 0.25) is 11.8 Å². The maximum Gasteiger partial charge on any atom is 0.312 e. The smallest absolute Gasteiger partial charge is 0.312 e. The van der Waals surface area contributed by atoms with E-state index >= 15 is 0 Å². The zero-order valence-electron chi connectivity index (χ0n) is 13.9. The molecule has 4 rings (SSSR count). The Labute approximate surface area is 145 Å². The largest absolute Gasteiger partial charge is 0.497 e. The molecule has 3 aliphatic rings. The highest BCUT2D eigenvalue weighted by molar-refractivity contribution is 6.06. The molecular formula is C19H19NO5. The second-order valence-electron chi connectivity index (χ2n) is 6.73. The fraction of sp³-hybridized carbons (Fsp3) is 0.421. The molecule has 0 radical (unpaired) electrons. The molecule has 2 fully saturated rings. The molecular weight excluding hydrogens is 322 g/mol. The van der Waals surface area contributed by atoms with Gasteiger partial charge in [-0.05, 0) is 42.5 Å². The number of rotatable bonds is 5. The topological polar surface area (TPSA) is 72.9 Å². The minimum atomic E-state index is -0.469. The van der Waals surface area contributed by atoms with Crippen LogP contribution >= 0.6 is 0 Å². The van der Waals surface area contributed by atoms with Crippen molar-refractivity contribution in [2.24, 2.45) is 23.7 Å². The minimum Gasteiger partial charge on any atom is -0.497 e. The summed E-state index contributed by atoms with van der Waals surface area (Å²) in [5.74, 6) is 0.259. The van der Waals surface area contributed by atoms with Crippen LogP contribution in [-0.4, -0.2) is 36.3 Å². The first-order valence-corrected chi connectivity index (χ1v) is 8.47. The van der Waals surface area contributed by atoms with Crippen LogP contribution in [0.4, 0.5) is 0 Å². The third kappa shape index (κ3) is 2.62. The number of ether oxygens (including phenoxy) is 2. The van der Waals surface area contributed by atoms with E-state index in [4.69, 9.17) is 9.47 Å². The van der Waals surface area contributed by atoms with Gasteiger partial charge in [-0.15, -0.1) is 0 Å². The Morgan fingerprint density at radius 1 is 1.04 bits per heavy atom. The molecule has 130 valence electrons. The van der Waals surface area contributed by atoms with Crippen molar-refractivity contribution in [3.05, 3.63) is 36.4 Å². The van der Waals surface area contributed by atoms with Gasteiger partial charge in [0.05, 0.1) is 25.4 Å². The van der Waals surface area contributed by atoms with Crippen LogP contribution in [0.2, 0.25) is 0 Å². The van der Waals surface area contributed by atoms with Gasteiger partial charge in [-0.3, -0.25) is 19.3 Å². The van der Waals surface area contributed by atoms with Gasteiger partial charge in [-0.2, -0.15) is 0 Å². The highest BCUT2D eigenvalue weighted by Gasteiger charge is 2.59. The number of carbonyl (C=O) groups is 3. The van der Waals surface area contributed by atoms with Crippen molar-refractivity contribution in [2.45, 2.75) is 12.8 Å². The van der Waals surface area contributed by atoms with Crippen molar-refractivity contribution in [2.75, 3.05) is 13.7 Å². The number of benzene rings is 1. The quantitative estimate of drug-likeness (QED) is 0.353. The average Bonchev–Trinajstić information content (AvgIpc) is 3.29. The summed E-state index contributed by atoms with van der Waals surface area (Å²) in [7, 11) is 1.56. The van der Waals surface area contributed by atoms with Gasteiger partial charge in [-0.1, -0.05) is 12.2 Å². The highest BCUT2D eigenvalue weighted by Crippen LogP contribution is 2.52. The van der Waals surface area contributed by atoms with Gasteiger partial charge >= 0.3 is 5.97 Å². The Balaban J connectivity index is 1.34. The van der Waals surface area contributed by atoms with Crippen molar-refractivity contribution in [1.82, 2.24) is 4.90 Å². The Morgan fingerprint density at radius 3 is 2.16 bits per heavy atom. The monoisotopic (exact) mass is 341 g/mol. The summed E-state index contributed by atoms with van der Waals surface area (Å²) >= 11 is 0. The minimum absolute atomic E-state index is 0.00822. The normalized spacial score (nSPS) is 29.2. The van der Waals surface area contributed by atoms with Gasteiger partial charge in [0.1, 0.15) is 11.5 Å². The van der Waals surface area contributed by atoms with Crippen molar-refractivity contribution >= 4 is 17.8 Å². The fourth-order valence-corrected chi connectivity index (χ4v) is 4.21. The van der Waals surface area contributed by atoms with Crippen LogP contribution in [0, 0.1) is 23.7 Å². The van der Waals surface area contributed by atoms with Crippen LogP contribution in [0.5, 0.6) is 11.5 Å². The molecule has 1 heterocycles. The number of esters is 1. The van der Waals surface area contributed by atoms with E-state index in [-0.39, 0.29) is 48.5 Å². The van der Waals surface area contributed by atoms with Crippen molar-refractivity contribution in [3.63, 3.8) is 0 Å². The summed E-state index contributed by atoms with van der Waals surface area (Å²) in [4.78, 5) is 38.3. The molecule has 1 aromatic rings. The van der Waals surface area contributed by atoms with Crippen LogP contribution in [0.15, 0.2) is 36.4 Å². The number of methoxy groups -OCH3 is 1. The number of likely N-dealkylation sites (tertiary alicyclic amines) is 1. The summed E-state index contributed by atoms with van der Waals surface area (Å²) in [5, 5.41) is 0. The molecule has 0 aromatic heterocycles. The molecule has 6 heteroatoms. The second-order valence-corrected chi connectivity index (χ2v) is 6.73. The summed E-state index contributed by atoms with van der Waals surface area (Å²) in [5.41, 5.74) is 0. The third-order valence-corrected chi connectivity index (χ3v) is 5.39. The molecule has 4 atom stereocenters. The molecule has 0 unspecified atom stereocenters. The molecule has 2 bridgehead atoms. The number of nitrogens with zero attached hydrogens (tertiary/aromatic N) is 1. The number of imide groups is 1. The molecule has 1 saturated heterocycles. The molecule has 2 aliphatic carbocycles. The molecule has 1 aromatic carbocycles. The Morgan fingerprint density at radius 2 is 1.60 bits per heavy atom. The molecule has 0 N–H and O–H groups in total. The van der Waals surface area contributed by atoms with Gasteiger partial charge < -0.3 is 9.47 Å². The maximum atomic E-state index is 12.5. The average molecular weight is 341 g/mol. The van der Waals surface area contributed by atoms with E-state index in [9.17, 15) is 14.4 Å². The second kappa shape index (κ2) is 6.02. The summed E-state index contributed by atoms with van der Waals surface area (Å²) in [6, 6.07) is 6.66. The summed E-state index contributed by atoms with van der Waals surface area (Å²) in [6.07, 6.45) is 5.00. The molecule has 1 saturated carbocycles. The van der Waals surface area contributed by atoms with E-state index in [1.165, 1.54) is 4.90 Å². The zero-order valence-corrected chi connectivity index (χ0v) is 13.9. The van der Waals surface area contributed by atoms with E-state index < -0.39 is 5.97 Å². The number of allylic oxidation sites excluding steroid dienone is 2. The van der Waals surface area contributed by atoms with E-state index in [1.54, 1.807) is 31.4 Å². The lowest BCUT2D eigenvalue weighted by atomic mass is 9.85. The lowest BCUT2D eigenvalue weighted by Gasteiger charge is -2.16. The number of hydrogen-bond donors (Lipinski definition) is 0. The number of hydrogen-bond acceptors (Lipinski definition) is 5. The van der Waals surface area contributed by atoms with Crippen LogP contribution in [0.1, 0.15) is 12.8 Å². The lowest BCUT2D eigenvalue weighted by molar-refractivity contribution is -0.142. The van der Waals surface area contributed by atoms with E-state index in [2.05, 4.69) is 12.2 Å². The summed E-state index contributed by atoms with van der Waals surface area (Å²) < 4.78 is 10.3. The Kier molecular flexibility index (Phi) is 3.82. The number of carbonyl (C=O) groups excluding carboxylic acids is 3. The molecule has 2 amide bonds. The SMILES string of the molecule is COc1ccc(OC(=O)CCN2C(=O)[C@@H]3[C@H](C2=O)[C@H]2C=C[C@H]3C2)cc1. The van der Waals surface area contributed by atoms with Crippen LogP contribution in [0.25, 0.3) is 0 Å². The van der Waals surface area contributed by atoms with Crippen molar-refractivity contribution in [3.8, 4) is 11.5 Å². The van der Waals surface area contributed by atoms with E-state index in [0.717, 1.165) is 6.42 Å². The van der Waals surface area contributed by atoms with Crippen molar-refractivity contribution < 1.29 is 23.9 Å². The number of amides is 2. The standard InChI is InChI=1S/C19H19NO5/c1-24-13-4-6-14(7-5-13)25-15(21)8-9-20-18(22)16-11-2-3-12(10-11)17(16)19(20)23/h2-7,11-12,16-17H,8-10H2,1H3/t11-,12-,16-,17+/m0/s1. The maximum absolute atomic E-state index is 12.5. The Bertz CT molecular complexity index is 724. The first-order chi connectivity index (χ1) is 12.1. The van der Waals surface area contributed by atoms with Crippen LogP contribution in [-0.2, 0) is 14.4 Å². The first kappa shape index (κ1) is 15.9. The third-order valence-electron chi connectivity index (χ3n) is 5.39. The van der Waals surface area contributed by atoms with Crippen molar-refractivity contribution in [1.29, 1.82) is 0 Å². The predicted octanol–water partition coefficient (Wildman–Crippen LogP) is 1.80. The zero-order chi connectivity index (χ0) is 17.6. The molecule has 1 aliphatic heterocycles. The van der Waals surface area contributed by atoms with Gasteiger partial charge in [-0.25, -0.2) is 0 Å². The van der Waals surface area contributed by atoms with Gasteiger partial charge in [0.25, 0.3) is 0 Å². The molecule has 0 spiro atoms. The summed E-state index contributed by atoms with van der Waals surface area (Å²) in [6.45, 7) is 0.0824. The van der Waals surface area contributed by atoms with E-state index in [0.29, 0.717) is 11.5 Å². The predicted molar refractivity (Wildman–Crippen MR) is 87.7 cm³/mol. The van der Waals surface area contributed by atoms with Crippen LogP contribution in [0.3, 0.4) is 0 Å².